The molecule has 1 aromatic heterocycles. The lowest BCUT2D eigenvalue weighted by Crippen LogP contribution is -1.80. The first kappa shape index (κ1) is 9.86. The SMILES string of the molecule is Brc1ccc2c(c1)Cc1c-2sc2ccccc12. The molecule has 0 unspecified atom stereocenters. The van der Waals surface area contributed by atoms with Gasteiger partial charge in [0.1, 0.15) is 0 Å². The highest BCUT2D eigenvalue weighted by Gasteiger charge is 2.22. The molecule has 82 valence electrons. The van der Waals surface area contributed by atoms with Crippen molar-refractivity contribution in [3.8, 4) is 10.4 Å². The zero-order valence-electron chi connectivity index (χ0n) is 9.03. The van der Waals surface area contributed by atoms with Gasteiger partial charge in [-0.25, -0.2) is 0 Å². The van der Waals surface area contributed by atoms with Gasteiger partial charge in [0, 0.05) is 20.5 Å². The van der Waals surface area contributed by atoms with E-state index in [1.54, 1.807) is 0 Å². The Morgan fingerprint density at radius 1 is 1.06 bits per heavy atom. The normalized spacial score (nSPS) is 12.8. The van der Waals surface area contributed by atoms with Crippen molar-refractivity contribution in [1.29, 1.82) is 0 Å². The number of hydrogen-bond donors (Lipinski definition) is 0. The van der Waals surface area contributed by atoms with Crippen LogP contribution in [-0.4, -0.2) is 0 Å². The first-order valence-electron chi connectivity index (χ1n) is 5.62. The molecule has 0 bridgehead atoms. The third-order valence-electron chi connectivity index (χ3n) is 3.38. The van der Waals surface area contributed by atoms with E-state index in [0.717, 1.165) is 6.42 Å². The van der Waals surface area contributed by atoms with Gasteiger partial charge in [-0.05, 0) is 40.3 Å². The summed E-state index contributed by atoms with van der Waals surface area (Å²) in [6, 6.07) is 15.3. The molecule has 4 rings (SSSR count). The fourth-order valence-corrected chi connectivity index (χ4v) is 4.30. The molecule has 1 aliphatic rings. The molecule has 0 spiro atoms. The van der Waals surface area contributed by atoms with E-state index in [1.807, 2.05) is 11.3 Å². The van der Waals surface area contributed by atoms with Gasteiger partial charge in [0.25, 0.3) is 0 Å². The summed E-state index contributed by atoms with van der Waals surface area (Å²) in [5.41, 5.74) is 4.38. The van der Waals surface area contributed by atoms with Crippen molar-refractivity contribution in [3.63, 3.8) is 0 Å². The summed E-state index contributed by atoms with van der Waals surface area (Å²) in [6.45, 7) is 0. The van der Waals surface area contributed by atoms with E-state index < -0.39 is 0 Å². The van der Waals surface area contributed by atoms with Crippen molar-refractivity contribution in [2.24, 2.45) is 0 Å². The summed E-state index contributed by atoms with van der Waals surface area (Å²) in [4.78, 5) is 1.47. The number of rotatable bonds is 0. The van der Waals surface area contributed by atoms with Crippen LogP contribution in [0.3, 0.4) is 0 Å². The van der Waals surface area contributed by atoms with Crippen LogP contribution >= 0.6 is 27.3 Å². The van der Waals surface area contributed by atoms with Crippen molar-refractivity contribution in [1.82, 2.24) is 0 Å². The van der Waals surface area contributed by atoms with Gasteiger partial charge in [0.05, 0.1) is 0 Å². The molecule has 0 atom stereocenters. The Morgan fingerprint density at radius 2 is 1.94 bits per heavy atom. The molecule has 3 aromatic rings. The van der Waals surface area contributed by atoms with Crippen LogP contribution in [0, 0.1) is 0 Å². The molecule has 2 heteroatoms. The lowest BCUT2D eigenvalue weighted by molar-refractivity contribution is 1.28. The standard InChI is InChI=1S/C15H9BrS/c16-10-5-6-11-9(7-10)8-13-12-3-1-2-4-14(12)17-15(11)13/h1-7H,8H2. The molecule has 0 radical (unpaired) electrons. The lowest BCUT2D eigenvalue weighted by atomic mass is 10.1. The average Bonchev–Trinajstić information content (AvgIpc) is 2.84. The Morgan fingerprint density at radius 3 is 2.88 bits per heavy atom. The topological polar surface area (TPSA) is 0 Å². The third kappa shape index (κ3) is 1.34. The first-order valence-corrected chi connectivity index (χ1v) is 7.23. The van der Waals surface area contributed by atoms with Gasteiger partial charge < -0.3 is 0 Å². The van der Waals surface area contributed by atoms with E-state index in [2.05, 4.69) is 58.4 Å². The van der Waals surface area contributed by atoms with Crippen LogP contribution in [0.25, 0.3) is 20.5 Å². The van der Waals surface area contributed by atoms with Gasteiger partial charge in [0.2, 0.25) is 0 Å². The van der Waals surface area contributed by atoms with E-state index in [0.29, 0.717) is 0 Å². The molecule has 2 aromatic carbocycles. The molecule has 0 saturated heterocycles. The number of thiophene rings is 1. The lowest BCUT2D eigenvalue weighted by Gasteiger charge is -1.99. The Hall–Kier alpha value is -1.12. The van der Waals surface area contributed by atoms with Crippen molar-refractivity contribution in [3.05, 3.63) is 58.1 Å². The van der Waals surface area contributed by atoms with Crippen LogP contribution in [0.15, 0.2) is 46.9 Å². The largest absolute Gasteiger partial charge is 0.135 e. The number of benzene rings is 2. The highest BCUT2D eigenvalue weighted by atomic mass is 79.9. The predicted octanol–water partition coefficient (Wildman–Crippen LogP) is 5.24. The number of hydrogen-bond acceptors (Lipinski definition) is 1. The summed E-state index contributed by atoms with van der Waals surface area (Å²) >= 11 is 5.47. The third-order valence-corrected chi connectivity index (χ3v) is 5.12. The molecular formula is C15H9BrS. The monoisotopic (exact) mass is 300 g/mol. The summed E-state index contributed by atoms with van der Waals surface area (Å²) in [6.07, 6.45) is 1.08. The minimum absolute atomic E-state index is 1.08. The first-order chi connectivity index (χ1) is 8.33. The van der Waals surface area contributed by atoms with Gasteiger partial charge in [-0.2, -0.15) is 0 Å². The predicted molar refractivity (Wildman–Crippen MR) is 77.8 cm³/mol. The summed E-state index contributed by atoms with van der Waals surface area (Å²) in [5.74, 6) is 0. The van der Waals surface area contributed by atoms with Gasteiger partial charge in [-0.1, -0.05) is 40.2 Å². The molecule has 17 heavy (non-hydrogen) atoms. The molecule has 0 N–H and O–H groups in total. The van der Waals surface area contributed by atoms with Crippen LogP contribution in [0.2, 0.25) is 0 Å². The maximum absolute atomic E-state index is 3.55. The van der Waals surface area contributed by atoms with Crippen LogP contribution in [0.4, 0.5) is 0 Å². The zero-order valence-corrected chi connectivity index (χ0v) is 11.4. The molecule has 0 aliphatic heterocycles. The fourth-order valence-electron chi connectivity index (χ4n) is 2.61. The second kappa shape index (κ2) is 3.44. The Kier molecular flexibility index (Phi) is 1.99. The van der Waals surface area contributed by atoms with Gasteiger partial charge >= 0.3 is 0 Å². The van der Waals surface area contributed by atoms with Crippen molar-refractivity contribution in [2.45, 2.75) is 6.42 Å². The molecule has 1 heterocycles. The molecule has 0 fully saturated rings. The van der Waals surface area contributed by atoms with Crippen LogP contribution in [0.5, 0.6) is 0 Å². The summed E-state index contributed by atoms with van der Waals surface area (Å²) < 4.78 is 2.58. The Bertz CT molecular complexity index is 740. The molecule has 0 nitrogen and oxygen atoms in total. The summed E-state index contributed by atoms with van der Waals surface area (Å²) in [7, 11) is 0. The maximum atomic E-state index is 3.55. The van der Waals surface area contributed by atoms with Gasteiger partial charge in [0.15, 0.2) is 0 Å². The van der Waals surface area contributed by atoms with E-state index in [1.165, 1.54) is 36.1 Å². The van der Waals surface area contributed by atoms with Gasteiger partial charge in [-0.3, -0.25) is 0 Å². The van der Waals surface area contributed by atoms with E-state index in [4.69, 9.17) is 0 Å². The van der Waals surface area contributed by atoms with E-state index in [-0.39, 0.29) is 0 Å². The smallest absolute Gasteiger partial charge is 0.0393 e. The number of fused-ring (bicyclic) bond motifs is 5. The van der Waals surface area contributed by atoms with Crippen molar-refractivity contribution in [2.75, 3.05) is 0 Å². The summed E-state index contributed by atoms with van der Waals surface area (Å²) in [5, 5.41) is 1.43. The van der Waals surface area contributed by atoms with Crippen molar-refractivity contribution >= 4 is 37.4 Å². The highest BCUT2D eigenvalue weighted by molar-refractivity contribution is 9.10. The quantitative estimate of drug-likeness (QED) is 0.417. The molecule has 0 amide bonds. The van der Waals surface area contributed by atoms with Crippen molar-refractivity contribution < 1.29 is 0 Å². The zero-order chi connectivity index (χ0) is 11.4. The highest BCUT2D eigenvalue weighted by Crippen LogP contribution is 2.46. The van der Waals surface area contributed by atoms with Crippen LogP contribution in [-0.2, 0) is 6.42 Å². The van der Waals surface area contributed by atoms with Gasteiger partial charge in [-0.15, -0.1) is 11.3 Å². The average molecular weight is 301 g/mol. The maximum Gasteiger partial charge on any atom is 0.0393 e. The fraction of sp³-hybridized carbons (Fsp3) is 0.0667. The molecule has 1 aliphatic carbocycles. The second-order valence-electron chi connectivity index (χ2n) is 4.38. The Labute approximate surface area is 112 Å². The molecule has 0 saturated carbocycles. The molecular weight excluding hydrogens is 292 g/mol. The van der Waals surface area contributed by atoms with E-state index >= 15 is 0 Å². The minimum Gasteiger partial charge on any atom is -0.135 e. The second-order valence-corrected chi connectivity index (χ2v) is 6.35. The minimum atomic E-state index is 1.08. The Balaban J connectivity index is 2.06. The van der Waals surface area contributed by atoms with Crippen LogP contribution < -0.4 is 0 Å². The van der Waals surface area contributed by atoms with E-state index in [9.17, 15) is 0 Å². The van der Waals surface area contributed by atoms with Crippen LogP contribution in [0.1, 0.15) is 11.1 Å². The number of halogens is 1.